The first-order valence-electron chi connectivity index (χ1n) is 9.16. The van der Waals surface area contributed by atoms with Gasteiger partial charge in [0.05, 0.1) is 13.7 Å². The number of likely N-dealkylation sites (tertiary alicyclic amines) is 1. The molecule has 1 aromatic carbocycles. The highest BCUT2D eigenvalue weighted by molar-refractivity contribution is 5.78. The lowest BCUT2D eigenvalue weighted by molar-refractivity contribution is 0.0963. The van der Waals surface area contributed by atoms with Crippen molar-refractivity contribution in [2.75, 3.05) is 33.4 Å². The summed E-state index contributed by atoms with van der Waals surface area (Å²) in [6, 6.07) is 8.18. The number of piperidine rings is 1. The molecule has 1 saturated heterocycles. The van der Waals surface area contributed by atoms with Gasteiger partial charge < -0.3 is 25.4 Å². The van der Waals surface area contributed by atoms with Gasteiger partial charge >= 0.3 is 6.09 Å². The number of carbonyl (C=O) groups is 1. The maximum absolute atomic E-state index is 11.7. The summed E-state index contributed by atoms with van der Waals surface area (Å²) in [6.45, 7) is 6.24. The summed E-state index contributed by atoms with van der Waals surface area (Å²) in [7, 11) is 1.67. The molecule has 7 heteroatoms. The number of ether oxygens (including phenoxy) is 2. The van der Waals surface area contributed by atoms with Crippen molar-refractivity contribution in [2.45, 2.75) is 38.6 Å². The predicted octanol–water partition coefficient (Wildman–Crippen LogP) is 2.32. The van der Waals surface area contributed by atoms with Crippen LogP contribution in [0.1, 0.15) is 38.2 Å². The van der Waals surface area contributed by atoms with Crippen molar-refractivity contribution in [3.63, 3.8) is 0 Å². The van der Waals surface area contributed by atoms with Gasteiger partial charge in [-0.2, -0.15) is 0 Å². The lowest BCUT2D eigenvalue weighted by Crippen LogP contribution is -2.48. The minimum Gasteiger partial charge on any atom is -0.496 e. The molecule has 2 rings (SSSR count). The van der Waals surface area contributed by atoms with Crippen molar-refractivity contribution < 1.29 is 14.3 Å². The van der Waals surface area contributed by atoms with Gasteiger partial charge in [0, 0.05) is 31.6 Å². The van der Waals surface area contributed by atoms with Gasteiger partial charge in [0.15, 0.2) is 5.96 Å². The molecule has 26 heavy (non-hydrogen) atoms. The van der Waals surface area contributed by atoms with Gasteiger partial charge in [-0.3, -0.25) is 4.99 Å². The fourth-order valence-corrected chi connectivity index (χ4v) is 3.08. The number of benzene rings is 1. The number of aliphatic imine (C=N–C) groups is 1. The molecule has 144 valence electrons. The van der Waals surface area contributed by atoms with E-state index in [1.807, 2.05) is 31.2 Å². The smallest absolute Gasteiger partial charge is 0.409 e. The quantitative estimate of drug-likeness (QED) is 0.599. The molecular weight excluding hydrogens is 332 g/mol. The highest BCUT2D eigenvalue weighted by Gasteiger charge is 2.23. The number of rotatable bonds is 6. The summed E-state index contributed by atoms with van der Waals surface area (Å²) < 4.78 is 10.4. The van der Waals surface area contributed by atoms with E-state index in [2.05, 4.69) is 17.2 Å². The van der Waals surface area contributed by atoms with E-state index in [0.29, 0.717) is 32.2 Å². The Bertz CT molecular complexity index is 613. The third kappa shape index (κ3) is 5.54. The second kappa shape index (κ2) is 9.89. The van der Waals surface area contributed by atoms with Crippen LogP contribution in [0.5, 0.6) is 5.75 Å². The van der Waals surface area contributed by atoms with E-state index < -0.39 is 0 Å². The van der Waals surface area contributed by atoms with Crippen LogP contribution >= 0.6 is 0 Å². The normalized spacial score (nSPS) is 16.9. The molecule has 1 aliphatic rings. The predicted molar refractivity (Wildman–Crippen MR) is 103 cm³/mol. The van der Waals surface area contributed by atoms with Crippen molar-refractivity contribution in [1.82, 2.24) is 10.2 Å². The van der Waals surface area contributed by atoms with Gasteiger partial charge in [0.2, 0.25) is 0 Å². The molecule has 1 unspecified atom stereocenters. The molecule has 1 aliphatic heterocycles. The van der Waals surface area contributed by atoms with E-state index in [4.69, 9.17) is 15.2 Å². The third-order valence-corrected chi connectivity index (χ3v) is 4.58. The number of carbonyl (C=O) groups excluding carboxylic acids is 1. The summed E-state index contributed by atoms with van der Waals surface area (Å²) in [5.41, 5.74) is 7.17. The van der Waals surface area contributed by atoms with Crippen molar-refractivity contribution in [1.29, 1.82) is 0 Å². The van der Waals surface area contributed by atoms with Gasteiger partial charge in [0.25, 0.3) is 0 Å². The molecule has 7 nitrogen and oxygen atoms in total. The summed E-state index contributed by atoms with van der Waals surface area (Å²) >= 11 is 0. The first-order chi connectivity index (χ1) is 12.5. The monoisotopic (exact) mass is 362 g/mol. The molecule has 0 aliphatic carbocycles. The topological polar surface area (TPSA) is 89.2 Å². The number of methoxy groups -OCH3 is 1. The molecule has 0 saturated carbocycles. The Kier molecular flexibility index (Phi) is 7.56. The SMILES string of the molecule is CCOC(=O)N1CCC(NC(N)=NCC(C)c2ccccc2OC)CC1. The van der Waals surface area contributed by atoms with E-state index in [-0.39, 0.29) is 18.1 Å². The number of hydrogen-bond donors (Lipinski definition) is 2. The van der Waals surface area contributed by atoms with Gasteiger partial charge in [-0.1, -0.05) is 25.1 Å². The number of nitrogens with one attached hydrogen (secondary N) is 1. The Morgan fingerprint density at radius 3 is 2.73 bits per heavy atom. The summed E-state index contributed by atoms with van der Waals surface area (Å²) in [5.74, 6) is 1.52. The third-order valence-electron chi connectivity index (χ3n) is 4.58. The number of amides is 1. The minimum absolute atomic E-state index is 0.206. The molecular formula is C19H30N4O3. The standard InChI is InChI=1S/C19H30N4O3/c1-4-26-19(24)23-11-9-15(10-12-23)22-18(20)21-13-14(2)16-7-5-6-8-17(16)25-3/h5-8,14-15H,4,9-13H2,1-3H3,(H3,20,21,22). The fraction of sp³-hybridized carbons (Fsp3) is 0.579. The van der Waals surface area contributed by atoms with Gasteiger partial charge in [0.1, 0.15) is 5.75 Å². The van der Waals surface area contributed by atoms with Gasteiger partial charge in [-0.15, -0.1) is 0 Å². The fourth-order valence-electron chi connectivity index (χ4n) is 3.08. The molecule has 0 aromatic heterocycles. The number of nitrogens with two attached hydrogens (primary N) is 1. The van der Waals surface area contributed by atoms with Crippen LogP contribution in [0.3, 0.4) is 0 Å². The first-order valence-corrected chi connectivity index (χ1v) is 9.16. The largest absolute Gasteiger partial charge is 0.496 e. The van der Waals surface area contributed by atoms with Crippen LogP contribution in [0.2, 0.25) is 0 Å². The summed E-state index contributed by atoms with van der Waals surface area (Å²) in [4.78, 5) is 17.9. The second-order valence-electron chi connectivity index (χ2n) is 6.47. The molecule has 3 N–H and O–H groups in total. The van der Waals surface area contributed by atoms with Crippen molar-refractivity contribution in [2.24, 2.45) is 10.7 Å². The molecule has 1 amide bonds. The Labute approximate surface area is 155 Å². The van der Waals surface area contributed by atoms with Crippen LogP contribution in [-0.4, -0.2) is 56.3 Å². The van der Waals surface area contributed by atoms with E-state index in [1.165, 1.54) is 0 Å². The average molecular weight is 362 g/mol. The van der Waals surface area contributed by atoms with Gasteiger partial charge in [-0.05, 0) is 31.4 Å². The minimum atomic E-state index is -0.238. The van der Waals surface area contributed by atoms with Crippen LogP contribution in [-0.2, 0) is 4.74 Å². The number of guanidine groups is 1. The lowest BCUT2D eigenvalue weighted by Gasteiger charge is -2.31. The van der Waals surface area contributed by atoms with Crippen LogP contribution in [0.15, 0.2) is 29.3 Å². The molecule has 0 spiro atoms. The van der Waals surface area contributed by atoms with Crippen LogP contribution in [0.25, 0.3) is 0 Å². The van der Waals surface area contributed by atoms with E-state index in [0.717, 1.165) is 24.2 Å². The molecule has 0 bridgehead atoms. The highest BCUT2D eigenvalue weighted by Crippen LogP contribution is 2.26. The number of para-hydroxylation sites is 1. The zero-order chi connectivity index (χ0) is 18.9. The first kappa shape index (κ1) is 19.9. The summed E-state index contributed by atoms with van der Waals surface area (Å²) in [6.07, 6.45) is 1.42. The Morgan fingerprint density at radius 1 is 1.38 bits per heavy atom. The van der Waals surface area contributed by atoms with E-state index in [9.17, 15) is 4.79 Å². The maximum atomic E-state index is 11.7. The van der Waals surface area contributed by atoms with E-state index in [1.54, 1.807) is 12.0 Å². The van der Waals surface area contributed by atoms with Crippen LogP contribution in [0.4, 0.5) is 4.79 Å². The molecule has 1 heterocycles. The zero-order valence-electron chi connectivity index (χ0n) is 15.9. The second-order valence-corrected chi connectivity index (χ2v) is 6.47. The average Bonchev–Trinajstić information content (AvgIpc) is 2.66. The Hall–Kier alpha value is -2.44. The molecule has 1 atom stereocenters. The Balaban J connectivity index is 1.81. The summed E-state index contributed by atoms with van der Waals surface area (Å²) in [5, 5.41) is 3.26. The molecule has 0 radical (unpaired) electrons. The molecule has 1 fully saturated rings. The Morgan fingerprint density at radius 2 is 2.08 bits per heavy atom. The zero-order valence-corrected chi connectivity index (χ0v) is 15.9. The van der Waals surface area contributed by atoms with Crippen molar-refractivity contribution >= 4 is 12.1 Å². The molecule has 1 aromatic rings. The maximum Gasteiger partial charge on any atom is 0.409 e. The highest BCUT2D eigenvalue weighted by atomic mass is 16.6. The number of nitrogens with zero attached hydrogens (tertiary/aromatic N) is 2. The van der Waals surface area contributed by atoms with Crippen molar-refractivity contribution in [3.05, 3.63) is 29.8 Å². The van der Waals surface area contributed by atoms with Crippen LogP contribution in [0, 0.1) is 0 Å². The lowest BCUT2D eigenvalue weighted by atomic mass is 10.0. The van der Waals surface area contributed by atoms with Crippen molar-refractivity contribution in [3.8, 4) is 5.75 Å². The van der Waals surface area contributed by atoms with E-state index >= 15 is 0 Å². The van der Waals surface area contributed by atoms with Crippen LogP contribution < -0.4 is 15.8 Å². The number of hydrogen-bond acceptors (Lipinski definition) is 4. The van der Waals surface area contributed by atoms with Gasteiger partial charge in [-0.25, -0.2) is 4.79 Å².